The average molecular weight is 392 g/mol. The zero-order valence-electron chi connectivity index (χ0n) is 14.3. The van der Waals surface area contributed by atoms with E-state index < -0.39 is 43.0 Å². The van der Waals surface area contributed by atoms with E-state index in [0.29, 0.717) is 0 Å². The van der Waals surface area contributed by atoms with Gasteiger partial charge in [-0.15, -0.1) is 0 Å². The molecule has 10 heteroatoms. The molecule has 1 atom stereocenters. The fourth-order valence-corrected chi connectivity index (χ4v) is 2.69. The van der Waals surface area contributed by atoms with E-state index in [1.54, 1.807) is 30.3 Å². The van der Waals surface area contributed by atoms with Gasteiger partial charge in [0.25, 0.3) is 0 Å². The fourth-order valence-electron chi connectivity index (χ4n) is 2.69. The Morgan fingerprint density at radius 3 is 2.30 bits per heavy atom. The molecule has 150 valence electrons. The minimum Gasteiger partial charge on any atom is -0.480 e. The van der Waals surface area contributed by atoms with E-state index in [1.165, 1.54) is 0 Å². The highest BCUT2D eigenvalue weighted by molar-refractivity contribution is 5.79. The van der Waals surface area contributed by atoms with Crippen LogP contribution < -0.4 is 5.32 Å². The maximum atomic E-state index is 13.1. The summed E-state index contributed by atoms with van der Waals surface area (Å²) in [4.78, 5) is 23.8. The standard InChI is InChI=1S/C17H20F4N2O4/c18-16(19)10-23(11-17(16,20)21)8-4-7-13(14(24)25)22-15(26)27-9-12-5-2-1-3-6-12/h1-3,5-6,13H,4,7-11H2,(H,22,26)(H,24,25). The zero-order chi connectivity index (χ0) is 20.1. The summed E-state index contributed by atoms with van der Waals surface area (Å²) in [5.74, 6) is -9.53. The number of nitrogens with zero attached hydrogens (tertiary/aromatic N) is 1. The van der Waals surface area contributed by atoms with Crippen molar-refractivity contribution in [3.05, 3.63) is 35.9 Å². The van der Waals surface area contributed by atoms with E-state index in [9.17, 15) is 27.2 Å². The molecule has 27 heavy (non-hydrogen) atoms. The SMILES string of the molecule is O=C(NC(CCCN1CC(F)(F)C(F)(F)C1)C(=O)O)OCc1ccccc1. The Kier molecular flexibility index (Phi) is 6.63. The lowest BCUT2D eigenvalue weighted by Crippen LogP contribution is -2.41. The van der Waals surface area contributed by atoms with Crippen molar-refractivity contribution in [2.24, 2.45) is 0 Å². The minimum atomic E-state index is -4.10. The number of carboxylic acids is 1. The maximum absolute atomic E-state index is 13.1. The van der Waals surface area contributed by atoms with E-state index in [2.05, 4.69) is 5.32 Å². The van der Waals surface area contributed by atoms with Crippen molar-refractivity contribution >= 4 is 12.1 Å². The highest BCUT2D eigenvalue weighted by Gasteiger charge is 2.62. The molecule has 0 radical (unpaired) electrons. The Bertz CT molecular complexity index is 642. The molecule has 6 nitrogen and oxygen atoms in total. The summed E-state index contributed by atoms with van der Waals surface area (Å²) < 4.78 is 57.4. The van der Waals surface area contributed by atoms with Crippen LogP contribution >= 0.6 is 0 Å². The first-order valence-corrected chi connectivity index (χ1v) is 8.29. The number of benzene rings is 1. The summed E-state index contributed by atoms with van der Waals surface area (Å²) in [7, 11) is 0. The smallest absolute Gasteiger partial charge is 0.408 e. The van der Waals surface area contributed by atoms with E-state index in [4.69, 9.17) is 9.84 Å². The molecule has 1 aliphatic heterocycles. The number of nitrogens with one attached hydrogen (secondary N) is 1. The van der Waals surface area contributed by atoms with Gasteiger partial charge in [-0.25, -0.2) is 9.59 Å². The summed E-state index contributed by atoms with van der Waals surface area (Å²) in [5.41, 5.74) is 0.718. The highest BCUT2D eigenvalue weighted by Crippen LogP contribution is 2.40. The van der Waals surface area contributed by atoms with Gasteiger partial charge in [-0.3, -0.25) is 4.90 Å². The Hall–Kier alpha value is -2.36. The van der Waals surface area contributed by atoms with Gasteiger partial charge in [0.05, 0.1) is 13.1 Å². The molecule has 0 saturated carbocycles. The van der Waals surface area contributed by atoms with Crippen molar-refractivity contribution in [1.82, 2.24) is 10.2 Å². The third-order valence-electron chi connectivity index (χ3n) is 4.15. The van der Waals surface area contributed by atoms with Crippen LogP contribution in [-0.2, 0) is 16.1 Å². The van der Waals surface area contributed by atoms with Crippen molar-refractivity contribution in [3.8, 4) is 0 Å². The Morgan fingerprint density at radius 1 is 1.15 bits per heavy atom. The van der Waals surface area contributed by atoms with E-state index in [1.807, 2.05) is 0 Å². The minimum absolute atomic E-state index is 0.0437. The molecule has 1 fully saturated rings. The summed E-state index contributed by atoms with van der Waals surface area (Å²) in [6, 6.07) is 7.44. The second-order valence-corrected chi connectivity index (χ2v) is 6.36. The van der Waals surface area contributed by atoms with Crippen LogP contribution in [-0.4, -0.2) is 59.6 Å². The Morgan fingerprint density at radius 2 is 1.74 bits per heavy atom. The molecular formula is C17H20F4N2O4. The molecule has 1 aliphatic rings. The molecule has 0 spiro atoms. The molecule has 2 N–H and O–H groups in total. The van der Waals surface area contributed by atoms with Gasteiger partial charge in [-0.2, -0.15) is 17.6 Å². The number of amides is 1. The lowest BCUT2D eigenvalue weighted by Gasteiger charge is -2.17. The maximum Gasteiger partial charge on any atom is 0.408 e. The monoisotopic (exact) mass is 392 g/mol. The first-order valence-electron chi connectivity index (χ1n) is 8.29. The Balaban J connectivity index is 1.75. The van der Waals surface area contributed by atoms with Gasteiger partial charge in [0.1, 0.15) is 12.6 Å². The number of carboxylic acid groups (broad SMARTS) is 1. The van der Waals surface area contributed by atoms with E-state index in [0.717, 1.165) is 10.5 Å². The summed E-state index contributed by atoms with van der Waals surface area (Å²) in [5, 5.41) is 11.3. The number of alkyl halides is 4. The molecule has 0 bridgehead atoms. The fraction of sp³-hybridized carbons (Fsp3) is 0.529. The second kappa shape index (κ2) is 8.55. The summed E-state index contributed by atoms with van der Waals surface area (Å²) in [6.45, 7) is -2.33. The molecule has 1 unspecified atom stereocenters. The lowest BCUT2D eigenvalue weighted by molar-refractivity contribution is -0.172. The van der Waals surface area contributed by atoms with Crippen LogP contribution in [0.15, 0.2) is 30.3 Å². The number of carbonyl (C=O) groups excluding carboxylic acids is 1. The molecule has 2 rings (SSSR count). The van der Waals surface area contributed by atoms with Crippen LogP contribution in [0, 0.1) is 0 Å². The normalized spacial score (nSPS) is 19.4. The van der Waals surface area contributed by atoms with Gasteiger partial charge in [0.15, 0.2) is 0 Å². The van der Waals surface area contributed by atoms with Crippen LogP contribution in [0.4, 0.5) is 22.4 Å². The molecule has 1 saturated heterocycles. The first kappa shape index (κ1) is 20.9. The van der Waals surface area contributed by atoms with Crippen molar-refractivity contribution < 1.29 is 37.0 Å². The number of ether oxygens (including phenoxy) is 1. The van der Waals surface area contributed by atoms with Gasteiger partial charge < -0.3 is 15.2 Å². The van der Waals surface area contributed by atoms with E-state index in [-0.39, 0.29) is 26.0 Å². The number of aliphatic carboxylic acids is 1. The first-order chi connectivity index (χ1) is 12.6. The zero-order valence-corrected chi connectivity index (χ0v) is 14.3. The predicted octanol–water partition coefficient (Wildman–Crippen LogP) is 2.73. The van der Waals surface area contributed by atoms with Gasteiger partial charge >= 0.3 is 23.9 Å². The highest BCUT2D eigenvalue weighted by atomic mass is 19.3. The third kappa shape index (κ3) is 5.81. The quantitative estimate of drug-likeness (QED) is 0.665. The number of alkyl carbamates (subject to hydrolysis) is 1. The summed E-state index contributed by atoms with van der Waals surface area (Å²) in [6.07, 6.45) is -1.00. The van der Waals surface area contributed by atoms with Crippen LogP contribution in [0.1, 0.15) is 18.4 Å². The molecular weight excluding hydrogens is 372 g/mol. The van der Waals surface area contributed by atoms with Gasteiger partial charge in [-0.1, -0.05) is 30.3 Å². The molecule has 0 aromatic heterocycles. The molecule has 1 aromatic rings. The van der Waals surface area contributed by atoms with Crippen molar-refractivity contribution in [2.75, 3.05) is 19.6 Å². The summed E-state index contributed by atoms with van der Waals surface area (Å²) >= 11 is 0. The number of halogens is 4. The number of carbonyl (C=O) groups is 2. The van der Waals surface area contributed by atoms with Crippen molar-refractivity contribution in [3.63, 3.8) is 0 Å². The third-order valence-corrected chi connectivity index (χ3v) is 4.15. The molecule has 1 amide bonds. The van der Waals surface area contributed by atoms with Gasteiger partial charge in [0.2, 0.25) is 0 Å². The van der Waals surface area contributed by atoms with E-state index >= 15 is 0 Å². The van der Waals surface area contributed by atoms with Crippen molar-refractivity contribution in [1.29, 1.82) is 0 Å². The molecule has 1 heterocycles. The largest absolute Gasteiger partial charge is 0.480 e. The molecule has 1 aromatic carbocycles. The number of likely N-dealkylation sites (tertiary alicyclic amines) is 1. The topological polar surface area (TPSA) is 78.9 Å². The van der Waals surface area contributed by atoms with Gasteiger partial charge in [-0.05, 0) is 24.9 Å². The number of hydrogen-bond acceptors (Lipinski definition) is 4. The van der Waals surface area contributed by atoms with Crippen LogP contribution in [0.3, 0.4) is 0 Å². The average Bonchev–Trinajstić information content (AvgIpc) is 2.79. The number of hydrogen-bond donors (Lipinski definition) is 2. The predicted molar refractivity (Wildman–Crippen MR) is 86.8 cm³/mol. The second-order valence-electron chi connectivity index (χ2n) is 6.36. The van der Waals surface area contributed by atoms with Crippen LogP contribution in [0.5, 0.6) is 0 Å². The molecule has 0 aliphatic carbocycles. The lowest BCUT2D eigenvalue weighted by atomic mass is 10.1. The van der Waals surface area contributed by atoms with Crippen molar-refractivity contribution in [2.45, 2.75) is 37.3 Å². The Labute approximate surface area is 153 Å². The van der Waals surface area contributed by atoms with Crippen LogP contribution in [0.25, 0.3) is 0 Å². The van der Waals surface area contributed by atoms with Crippen LogP contribution in [0.2, 0.25) is 0 Å². The number of rotatable bonds is 8. The van der Waals surface area contributed by atoms with Gasteiger partial charge in [0, 0.05) is 0 Å².